The molecule has 0 spiro atoms. The van der Waals surface area contributed by atoms with Crippen LogP contribution >= 0.6 is 0 Å². The van der Waals surface area contributed by atoms with E-state index in [1.807, 2.05) is 0 Å². The SMILES string of the molecule is O=C(NCCCN1CCCC[C@@H]1CO)c1ccc(=O)[nH]c1. The number of carbonyl (C=O) groups excluding carboxylic acids is 1. The summed E-state index contributed by atoms with van der Waals surface area (Å²) in [7, 11) is 0. The molecule has 0 aliphatic carbocycles. The number of carbonyl (C=O) groups is 1. The van der Waals surface area contributed by atoms with Crippen LogP contribution in [0.1, 0.15) is 36.0 Å². The average Bonchev–Trinajstić information content (AvgIpc) is 2.52. The van der Waals surface area contributed by atoms with Crippen LogP contribution in [0.5, 0.6) is 0 Å². The van der Waals surface area contributed by atoms with Crippen LogP contribution in [0.4, 0.5) is 0 Å². The lowest BCUT2D eigenvalue weighted by Crippen LogP contribution is -2.43. The molecule has 0 bridgehead atoms. The Bertz CT molecular complexity index is 495. The molecular formula is C15H23N3O3. The molecule has 1 fully saturated rings. The molecule has 1 aromatic rings. The molecule has 6 heteroatoms. The van der Waals surface area contributed by atoms with E-state index in [-0.39, 0.29) is 24.1 Å². The van der Waals surface area contributed by atoms with Crippen molar-refractivity contribution >= 4 is 5.91 Å². The zero-order valence-electron chi connectivity index (χ0n) is 12.2. The van der Waals surface area contributed by atoms with Crippen molar-refractivity contribution in [2.75, 3.05) is 26.2 Å². The lowest BCUT2D eigenvalue weighted by atomic mass is 10.0. The molecule has 3 N–H and O–H groups in total. The molecule has 1 amide bonds. The zero-order valence-corrected chi connectivity index (χ0v) is 12.2. The number of aliphatic hydroxyl groups excluding tert-OH is 1. The van der Waals surface area contributed by atoms with E-state index in [9.17, 15) is 14.7 Å². The normalized spacial score (nSPS) is 19.4. The molecule has 6 nitrogen and oxygen atoms in total. The molecule has 1 aromatic heterocycles. The number of nitrogens with one attached hydrogen (secondary N) is 2. The molecule has 2 heterocycles. The van der Waals surface area contributed by atoms with Crippen LogP contribution in [0.3, 0.4) is 0 Å². The lowest BCUT2D eigenvalue weighted by molar-refractivity contribution is 0.0868. The molecule has 0 radical (unpaired) electrons. The van der Waals surface area contributed by atoms with E-state index in [1.54, 1.807) is 0 Å². The van der Waals surface area contributed by atoms with Gasteiger partial charge in [0.05, 0.1) is 12.2 Å². The van der Waals surface area contributed by atoms with Crippen LogP contribution in [0.2, 0.25) is 0 Å². The highest BCUT2D eigenvalue weighted by Gasteiger charge is 2.20. The summed E-state index contributed by atoms with van der Waals surface area (Å²) < 4.78 is 0. The number of aliphatic hydroxyl groups is 1. The summed E-state index contributed by atoms with van der Waals surface area (Å²) in [4.78, 5) is 27.6. The zero-order chi connectivity index (χ0) is 15.1. The third-order valence-corrected chi connectivity index (χ3v) is 3.91. The summed E-state index contributed by atoms with van der Waals surface area (Å²) in [5.74, 6) is -0.177. The molecule has 1 atom stereocenters. The number of aromatic nitrogens is 1. The molecule has 1 saturated heterocycles. The highest BCUT2D eigenvalue weighted by Crippen LogP contribution is 2.16. The summed E-state index contributed by atoms with van der Waals surface area (Å²) in [6.45, 7) is 2.71. The van der Waals surface area contributed by atoms with Crippen LogP contribution in [0.15, 0.2) is 23.1 Å². The minimum atomic E-state index is -0.216. The Morgan fingerprint density at radius 1 is 1.43 bits per heavy atom. The van der Waals surface area contributed by atoms with Gasteiger partial charge in [0.15, 0.2) is 0 Å². The van der Waals surface area contributed by atoms with Crippen LogP contribution in [0, 0.1) is 0 Å². The van der Waals surface area contributed by atoms with Gasteiger partial charge in [-0.3, -0.25) is 14.5 Å². The fourth-order valence-corrected chi connectivity index (χ4v) is 2.70. The molecule has 0 saturated carbocycles. The second kappa shape index (κ2) is 7.95. The highest BCUT2D eigenvalue weighted by atomic mass is 16.3. The minimum absolute atomic E-state index is 0.177. The number of nitrogens with zero attached hydrogens (tertiary/aromatic N) is 1. The molecular weight excluding hydrogens is 270 g/mol. The van der Waals surface area contributed by atoms with Gasteiger partial charge in [-0.25, -0.2) is 0 Å². The highest BCUT2D eigenvalue weighted by molar-refractivity contribution is 5.93. The maximum Gasteiger partial charge on any atom is 0.252 e. The standard InChI is InChI=1S/C15H23N3O3/c19-11-13-4-1-2-8-18(13)9-3-7-16-15(21)12-5-6-14(20)17-10-12/h5-6,10,13,19H,1-4,7-9,11H2,(H,16,21)(H,17,20)/t13-/m1/s1. The smallest absolute Gasteiger partial charge is 0.252 e. The molecule has 0 aromatic carbocycles. The van der Waals surface area contributed by atoms with Crippen molar-refractivity contribution in [3.63, 3.8) is 0 Å². The van der Waals surface area contributed by atoms with Crippen LogP contribution in [-0.2, 0) is 0 Å². The van der Waals surface area contributed by atoms with Crippen molar-refractivity contribution in [1.29, 1.82) is 0 Å². The monoisotopic (exact) mass is 293 g/mol. The second-order valence-corrected chi connectivity index (χ2v) is 5.42. The predicted octanol–water partition coefficient (Wildman–Crippen LogP) is 0.342. The second-order valence-electron chi connectivity index (χ2n) is 5.42. The first-order chi connectivity index (χ1) is 10.2. The van der Waals surface area contributed by atoms with Gasteiger partial charge in [-0.1, -0.05) is 6.42 Å². The van der Waals surface area contributed by atoms with Gasteiger partial charge < -0.3 is 15.4 Å². The number of hydrogen-bond donors (Lipinski definition) is 3. The van der Waals surface area contributed by atoms with Crippen molar-refractivity contribution in [2.24, 2.45) is 0 Å². The summed E-state index contributed by atoms with van der Waals surface area (Å²) in [5, 5.41) is 12.2. The van der Waals surface area contributed by atoms with E-state index >= 15 is 0 Å². The molecule has 1 aliphatic rings. The first kappa shape index (κ1) is 15.7. The summed E-state index contributed by atoms with van der Waals surface area (Å²) in [5.41, 5.74) is 0.243. The summed E-state index contributed by atoms with van der Waals surface area (Å²) in [6.07, 6.45) is 5.70. The Hall–Kier alpha value is -1.66. The topological polar surface area (TPSA) is 85.4 Å². The number of rotatable bonds is 6. The maximum atomic E-state index is 11.8. The van der Waals surface area contributed by atoms with Gasteiger partial charge in [0.2, 0.25) is 5.56 Å². The van der Waals surface area contributed by atoms with E-state index in [2.05, 4.69) is 15.2 Å². The summed E-state index contributed by atoms with van der Waals surface area (Å²) >= 11 is 0. The fraction of sp³-hybridized carbons (Fsp3) is 0.600. The van der Waals surface area contributed by atoms with E-state index in [0.717, 1.165) is 25.9 Å². The maximum absolute atomic E-state index is 11.8. The summed E-state index contributed by atoms with van der Waals surface area (Å²) in [6, 6.07) is 3.13. The molecule has 2 rings (SSSR count). The number of amides is 1. The first-order valence-electron chi connectivity index (χ1n) is 7.52. The fourth-order valence-electron chi connectivity index (χ4n) is 2.70. The number of hydrogen-bond acceptors (Lipinski definition) is 4. The van der Waals surface area contributed by atoms with Crippen LogP contribution in [-0.4, -0.2) is 53.2 Å². The first-order valence-corrected chi connectivity index (χ1v) is 7.52. The molecule has 21 heavy (non-hydrogen) atoms. The predicted molar refractivity (Wildman–Crippen MR) is 80.3 cm³/mol. The number of H-pyrrole nitrogens is 1. The van der Waals surface area contributed by atoms with Gasteiger partial charge in [-0.05, 0) is 31.9 Å². The third-order valence-electron chi connectivity index (χ3n) is 3.91. The minimum Gasteiger partial charge on any atom is -0.395 e. The van der Waals surface area contributed by atoms with Gasteiger partial charge in [-0.15, -0.1) is 0 Å². The van der Waals surface area contributed by atoms with Crippen molar-refractivity contribution in [2.45, 2.75) is 31.7 Å². The Balaban J connectivity index is 1.70. The van der Waals surface area contributed by atoms with E-state index in [1.165, 1.54) is 31.2 Å². The molecule has 0 unspecified atom stereocenters. The van der Waals surface area contributed by atoms with E-state index in [4.69, 9.17) is 0 Å². The van der Waals surface area contributed by atoms with Crippen molar-refractivity contribution in [3.8, 4) is 0 Å². The van der Waals surface area contributed by atoms with Gasteiger partial charge in [0.1, 0.15) is 0 Å². The van der Waals surface area contributed by atoms with Crippen molar-refractivity contribution in [3.05, 3.63) is 34.2 Å². The third kappa shape index (κ3) is 4.68. The molecule has 116 valence electrons. The Kier molecular flexibility index (Phi) is 5.95. The van der Waals surface area contributed by atoms with Crippen LogP contribution < -0.4 is 10.9 Å². The molecule has 1 aliphatic heterocycles. The van der Waals surface area contributed by atoms with Gasteiger partial charge in [-0.2, -0.15) is 0 Å². The quantitative estimate of drug-likeness (QED) is 0.660. The van der Waals surface area contributed by atoms with Gasteiger partial charge in [0, 0.05) is 31.4 Å². The van der Waals surface area contributed by atoms with Crippen LogP contribution in [0.25, 0.3) is 0 Å². The Morgan fingerprint density at radius 3 is 3.00 bits per heavy atom. The Labute approximate surface area is 124 Å². The van der Waals surface area contributed by atoms with Crippen molar-refractivity contribution < 1.29 is 9.90 Å². The Morgan fingerprint density at radius 2 is 2.29 bits per heavy atom. The number of piperidine rings is 1. The largest absolute Gasteiger partial charge is 0.395 e. The number of pyridine rings is 1. The average molecular weight is 293 g/mol. The number of likely N-dealkylation sites (tertiary alicyclic amines) is 1. The lowest BCUT2D eigenvalue weighted by Gasteiger charge is -2.34. The van der Waals surface area contributed by atoms with Gasteiger partial charge >= 0.3 is 0 Å². The van der Waals surface area contributed by atoms with E-state index < -0.39 is 0 Å². The van der Waals surface area contributed by atoms with Crippen molar-refractivity contribution in [1.82, 2.24) is 15.2 Å². The van der Waals surface area contributed by atoms with E-state index in [0.29, 0.717) is 12.1 Å². The number of aromatic amines is 1. The van der Waals surface area contributed by atoms with Gasteiger partial charge in [0.25, 0.3) is 5.91 Å².